The van der Waals surface area contributed by atoms with E-state index in [4.69, 9.17) is 5.73 Å². The Morgan fingerprint density at radius 2 is 1.92 bits per heavy atom. The van der Waals surface area contributed by atoms with Crippen molar-refractivity contribution in [2.45, 2.75) is 44.2 Å². The topological polar surface area (TPSA) is 110 Å². The molecule has 0 bridgehead atoms. The molecule has 1 aliphatic rings. The molecule has 24 heavy (non-hydrogen) atoms. The Hall–Kier alpha value is -2.06. The van der Waals surface area contributed by atoms with E-state index in [1.807, 2.05) is 0 Å². The van der Waals surface area contributed by atoms with E-state index >= 15 is 0 Å². The van der Waals surface area contributed by atoms with Gasteiger partial charge in [0, 0.05) is 37.4 Å². The monoisotopic (exact) mass is 347 g/mol. The Kier molecular flexibility index (Phi) is 5.37. The molecule has 0 saturated heterocycles. The second kappa shape index (κ2) is 7.67. The number of carbonyl (C=O) groups excluding carboxylic acids is 2. The Morgan fingerprint density at radius 3 is 2.58 bits per heavy atom. The molecule has 0 unspecified atom stereocenters. The number of thiazole rings is 1. The van der Waals surface area contributed by atoms with E-state index in [-0.39, 0.29) is 23.9 Å². The summed E-state index contributed by atoms with van der Waals surface area (Å²) in [7, 11) is 0. The summed E-state index contributed by atoms with van der Waals surface area (Å²) in [6.45, 7) is 0.370. The standard InChI is InChI=1S/C16H21N5O2S/c17-7-5-14(22)19-10-1-3-11(4-2-10)20-15(23)16-21-12-6-8-18-9-13(12)24-16/h6,8-11H,1-5,7,17H2,(H,19,22)(H,20,23)/t10-,11-. The van der Waals surface area contributed by atoms with E-state index in [0.29, 0.717) is 18.0 Å². The predicted octanol–water partition coefficient (Wildman–Crippen LogP) is 1.20. The first-order valence-electron chi connectivity index (χ1n) is 8.16. The maximum atomic E-state index is 12.4. The number of hydrogen-bond donors (Lipinski definition) is 3. The fraction of sp³-hybridized carbons (Fsp3) is 0.500. The van der Waals surface area contributed by atoms with Gasteiger partial charge in [0.25, 0.3) is 5.91 Å². The van der Waals surface area contributed by atoms with Crippen LogP contribution in [0.4, 0.5) is 0 Å². The minimum absolute atomic E-state index is 0.00747. The molecule has 8 heteroatoms. The Labute approximate surface area is 144 Å². The molecule has 1 fully saturated rings. The summed E-state index contributed by atoms with van der Waals surface area (Å²) in [5.41, 5.74) is 6.18. The highest BCUT2D eigenvalue weighted by atomic mass is 32.1. The van der Waals surface area contributed by atoms with E-state index in [9.17, 15) is 9.59 Å². The summed E-state index contributed by atoms with van der Waals surface area (Å²) in [5.74, 6) is -0.125. The zero-order chi connectivity index (χ0) is 16.9. The lowest BCUT2D eigenvalue weighted by molar-refractivity contribution is -0.121. The average Bonchev–Trinajstić information content (AvgIpc) is 3.01. The molecular weight excluding hydrogens is 326 g/mol. The third-order valence-electron chi connectivity index (χ3n) is 4.18. The van der Waals surface area contributed by atoms with E-state index in [2.05, 4.69) is 20.6 Å². The summed E-state index contributed by atoms with van der Waals surface area (Å²) in [4.78, 5) is 32.3. The van der Waals surface area contributed by atoms with Crippen molar-refractivity contribution in [2.75, 3.05) is 6.54 Å². The highest BCUT2D eigenvalue weighted by molar-refractivity contribution is 7.20. The van der Waals surface area contributed by atoms with Gasteiger partial charge in [0.2, 0.25) is 5.91 Å². The fourth-order valence-electron chi connectivity index (χ4n) is 2.94. The molecule has 2 amide bonds. The van der Waals surface area contributed by atoms with Gasteiger partial charge in [-0.05, 0) is 31.7 Å². The molecule has 0 spiro atoms. The number of nitrogens with one attached hydrogen (secondary N) is 2. The number of carbonyl (C=O) groups is 2. The van der Waals surface area contributed by atoms with E-state index in [0.717, 1.165) is 35.9 Å². The van der Waals surface area contributed by atoms with Gasteiger partial charge < -0.3 is 16.4 Å². The fourth-order valence-corrected chi connectivity index (χ4v) is 3.77. The number of aromatic nitrogens is 2. The van der Waals surface area contributed by atoms with Crippen LogP contribution in [0.2, 0.25) is 0 Å². The number of pyridine rings is 1. The van der Waals surface area contributed by atoms with Crippen molar-refractivity contribution in [3.05, 3.63) is 23.5 Å². The van der Waals surface area contributed by atoms with Crippen LogP contribution >= 0.6 is 11.3 Å². The molecule has 3 rings (SSSR count). The van der Waals surface area contributed by atoms with Crippen molar-refractivity contribution in [2.24, 2.45) is 5.73 Å². The normalized spacial score (nSPS) is 20.7. The first-order valence-corrected chi connectivity index (χ1v) is 8.98. The van der Waals surface area contributed by atoms with Gasteiger partial charge in [0.05, 0.1) is 10.2 Å². The number of fused-ring (bicyclic) bond motifs is 1. The molecular formula is C16H21N5O2S. The number of nitrogens with zero attached hydrogens (tertiary/aromatic N) is 2. The van der Waals surface area contributed by atoms with Crippen LogP contribution in [0.3, 0.4) is 0 Å². The van der Waals surface area contributed by atoms with Crippen molar-refractivity contribution in [1.82, 2.24) is 20.6 Å². The lowest BCUT2D eigenvalue weighted by Gasteiger charge is -2.29. The molecule has 1 aliphatic carbocycles. The first-order chi connectivity index (χ1) is 11.7. The summed E-state index contributed by atoms with van der Waals surface area (Å²) >= 11 is 1.35. The van der Waals surface area contributed by atoms with Crippen molar-refractivity contribution in [1.29, 1.82) is 0 Å². The van der Waals surface area contributed by atoms with Crippen LogP contribution in [0.5, 0.6) is 0 Å². The van der Waals surface area contributed by atoms with Crippen LogP contribution in [0, 0.1) is 0 Å². The van der Waals surface area contributed by atoms with Crippen molar-refractivity contribution in [3.63, 3.8) is 0 Å². The second-order valence-corrected chi connectivity index (χ2v) is 7.02. The summed E-state index contributed by atoms with van der Waals surface area (Å²) < 4.78 is 0.911. The number of hydrogen-bond acceptors (Lipinski definition) is 6. The highest BCUT2D eigenvalue weighted by Gasteiger charge is 2.24. The van der Waals surface area contributed by atoms with Gasteiger partial charge in [0.15, 0.2) is 5.01 Å². The maximum absolute atomic E-state index is 12.4. The van der Waals surface area contributed by atoms with Gasteiger partial charge in [-0.2, -0.15) is 0 Å². The summed E-state index contributed by atoms with van der Waals surface area (Å²) in [6, 6.07) is 2.12. The molecule has 1 saturated carbocycles. The minimum atomic E-state index is -0.133. The van der Waals surface area contributed by atoms with E-state index in [1.165, 1.54) is 11.3 Å². The van der Waals surface area contributed by atoms with Crippen LogP contribution in [0.15, 0.2) is 18.5 Å². The molecule has 2 aromatic rings. The number of rotatable bonds is 5. The van der Waals surface area contributed by atoms with Crippen LogP contribution < -0.4 is 16.4 Å². The third kappa shape index (κ3) is 4.07. The van der Waals surface area contributed by atoms with Gasteiger partial charge in [-0.1, -0.05) is 0 Å². The van der Waals surface area contributed by atoms with Crippen LogP contribution in [-0.2, 0) is 4.79 Å². The Morgan fingerprint density at radius 1 is 1.21 bits per heavy atom. The zero-order valence-electron chi connectivity index (χ0n) is 13.3. The van der Waals surface area contributed by atoms with Crippen LogP contribution in [0.25, 0.3) is 10.2 Å². The second-order valence-electron chi connectivity index (χ2n) is 5.99. The number of amides is 2. The minimum Gasteiger partial charge on any atom is -0.353 e. The van der Waals surface area contributed by atoms with Gasteiger partial charge >= 0.3 is 0 Å². The average molecular weight is 347 g/mol. The maximum Gasteiger partial charge on any atom is 0.280 e. The molecule has 7 nitrogen and oxygen atoms in total. The van der Waals surface area contributed by atoms with E-state index < -0.39 is 0 Å². The largest absolute Gasteiger partial charge is 0.353 e. The Balaban J connectivity index is 1.50. The van der Waals surface area contributed by atoms with Crippen molar-refractivity contribution < 1.29 is 9.59 Å². The van der Waals surface area contributed by atoms with Gasteiger partial charge in [0.1, 0.15) is 0 Å². The quantitative estimate of drug-likeness (QED) is 0.753. The summed E-state index contributed by atoms with van der Waals surface area (Å²) in [6.07, 6.45) is 7.19. The van der Waals surface area contributed by atoms with Crippen LogP contribution in [-0.4, -0.2) is 40.4 Å². The number of nitrogens with two attached hydrogens (primary N) is 1. The molecule has 0 radical (unpaired) electrons. The third-order valence-corrected chi connectivity index (χ3v) is 5.19. The molecule has 2 aromatic heterocycles. The lowest BCUT2D eigenvalue weighted by atomic mass is 9.91. The van der Waals surface area contributed by atoms with Gasteiger partial charge in [-0.3, -0.25) is 14.6 Å². The van der Waals surface area contributed by atoms with Crippen molar-refractivity contribution in [3.8, 4) is 0 Å². The predicted molar refractivity (Wildman–Crippen MR) is 92.7 cm³/mol. The van der Waals surface area contributed by atoms with Crippen molar-refractivity contribution >= 4 is 33.4 Å². The molecule has 0 aliphatic heterocycles. The Bertz CT molecular complexity index is 691. The molecule has 2 heterocycles. The van der Waals surface area contributed by atoms with Crippen LogP contribution in [0.1, 0.15) is 41.9 Å². The van der Waals surface area contributed by atoms with Gasteiger partial charge in [-0.25, -0.2) is 4.98 Å². The van der Waals surface area contributed by atoms with E-state index in [1.54, 1.807) is 18.5 Å². The van der Waals surface area contributed by atoms with Gasteiger partial charge in [-0.15, -0.1) is 11.3 Å². The molecule has 0 aromatic carbocycles. The SMILES string of the molecule is NCCC(=O)N[C@H]1CC[C@H](NC(=O)c2nc3ccncc3s2)CC1. The summed E-state index contributed by atoms with van der Waals surface area (Å²) in [5, 5.41) is 6.51. The highest BCUT2D eigenvalue weighted by Crippen LogP contribution is 2.22. The smallest absolute Gasteiger partial charge is 0.280 e. The lowest BCUT2D eigenvalue weighted by Crippen LogP contribution is -2.44. The zero-order valence-corrected chi connectivity index (χ0v) is 14.1. The molecule has 128 valence electrons. The molecule has 0 atom stereocenters. The molecule has 4 N–H and O–H groups in total. The first kappa shape index (κ1) is 16.8.